The molecule has 1 aliphatic rings. The largest absolute Gasteiger partial charge is 0.382 e. The molecule has 0 atom stereocenters. The normalized spacial score (nSPS) is 17.1. The summed E-state index contributed by atoms with van der Waals surface area (Å²) in [6, 6.07) is 0. The van der Waals surface area contributed by atoms with E-state index < -0.39 is 5.91 Å². The van der Waals surface area contributed by atoms with Crippen LogP contribution >= 0.6 is 11.5 Å². The van der Waals surface area contributed by atoms with Crippen molar-refractivity contribution in [2.75, 3.05) is 36.9 Å². The first kappa shape index (κ1) is 11.2. The van der Waals surface area contributed by atoms with Gasteiger partial charge in [-0.25, -0.2) is 0 Å². The number of amides is 1. The monoisotopic (exact) mass is 242 g/mol. The highest BCUT2D eigenvalue weighted by atomic mass is 32.1. The van der Waals surface area contributed by atoms with Gasteiger partial charge in [-0.1, -0.05) is 0 Å². The van der Waals surface area contributed by atoms with Crippen LogP contribution in [0.15, 0.2) is 0 Å². The number of nitrogens with zero attached hydrogens (tertiary/aromatic N) is 2. The van der Waals surface area contributed by atoms with Crippen LogP contribution in [0.3, 0.4) is 0 Å². The van der Waals surface area contributed by atoms with Gasteiger partial charge in [0.25, 0.3) is 5.91 Å². The SMILES string of the molecule is NC(=O)c1c(N)nsc1N1CCCOCC1. The van der Waals surface area contributed by atoms with E-state index in [4.69, 9.17) is 16.2 Å². The second kappa shape index (κ2) is 4.67. The molecular formula is C9H14N4O2S. The van der Waals surface area contributed by atoms with Gasteiger partial charge >= 0.3 is 0 Å². The quantitative estimate of drug-likeness (QED) is 0.764. The zero-order valence-electron chi connectivity index (χ0n) is 8.81. The van der Waals surface area contributed by atoms with Gasteiger partial charge in [-0.15, -0.1) is 0 Å². The van der Waals surface area contributed by atoms with Crippen LogP contribution in [-0.4, -0.2) is 36.6 Å². The van der Waals surface area contributed by atoms with Crippen molar-refractivity contribution in [3.05, 3.63) is 5.56 Å². The Hall–Kier alpha value is -1.34. The van der Waals surface area contributed by atoms with Crippen molar-refractivity contribution in [2.45, 2.75) is 6.42 Å². The topological polar surface area (TPSA) is 94.5 Å². The van der Waals surface area contributed by atoms with Crippen LogP contribution in [0.4, 0.5) is 10.8 Å². The molecule has 0 aromatic carbocycles. The molecule has 0 saturated carbocycles. The molecule has 6 nitrogen and oxygen atoms in total. The van der Waals surface area contributed by atoms with E-state index in [1.165, 1.54) is 11.5 Å². The second-order valence-corrected chi connectivity index (χ2v) is 4.32. The summed E-state index contributed by atoms with van der Waals surface area (Å²) in [5, 5.41) is 0.760. The van der Waals surface area contributed by atoms with Gasteiger partial charge in [0.2, 0.25) is 0 Å². The van der Waals surface area contributed by atoms with E-state index in [2.05, 4.69) is 9.27 Å². The lowest BCUT2D eigenvalue weighted by Crippen LogP contribution is -2.27. The van der Waals surface area contributed by atoms with E-state index in [0.717, 1.165) is 31.1 Å². The van der Waals surface area contributed by atoms with E-state index >= 15 is 0 Å². The Kier molecular flexibility index (Phi) is 3.25. The number of rotatable bonds is 2. The number of aromatic nitrogens is 1. The van der Waals surface area contributed by atoms with Crippen molar-refractivity contribution < 1.29 is 9.53 Å². The molecule has 0 aliphatic carbocycles. The third kappa shape index (κ3) is 2.10. The van der Waals surface area contributed by atoms with E-state index in [-0.39, 0.29) is 5.82 Å². The maximum atomic E-state index is 11.3. The van der Waals surface area contributed by atoms with E-state index in [1.54, 1.807) is 0 Å². The molecule has 7 heteroatoms. The van der Waals surface area contributed by atoms with Gasteiger partial charge in [-0.2, -0.15) is 4.37 Å². The molecule has 16 heavy (non-hydrogen) atoms. The highest BCUT2D eigenvalue weighted by Crippen LogP contribution is 2.30. The highest BCUT2D eigenvalue weighted by molar-refractivity contribution is 7.11. The first-order valence-electron chi connectivity index (χ1n) is 5.08. The number of hydrogen-bond donors (Lipinski definition) is 2. The molecule has 2 rings (SSSR count). The third-order valence-corrected chi connectivity index (χ3v) is 3.38. The van der Waals surface area contributed by atoms with Crippen molar-refractivity contribution in [1.29, 1.82) is 0 Å². The second-order valence-electron chi connectivity index (χ2n) is 3.57. The number of carbonyl (C=O) groups excluding carboxylic acids is 1. The summed E-state index contributed by atoms with van der Waals surface area (Å²) in [4.78, 5) is 13.3. The number of nitrogen functional groups attached to an aromatic ring is 1. The van der Waals surface area contributed by atoms with Crippen LogP contribution < -0.4 is 16.4 Å². The summed E-state index contributed by atoms with van der Waals surface area (Å²) >= 11 is 1.21. The average Bonchev–Trinajstić information content (AvgIpc) is 2.50. The summed E-state index contributed by atoms with van der Waals surface area (Å²) in [6.07, 6.45) is 0.927. The Balaban J connectivity index is 2.27. The number of hydrogen-bond acceptors (Lipinski definition) is 6. The molecule has 1 fully saturated rings. The van der Waals surface area contributed by atoms with E-state index in [9.17, 15) is 4.79 Å². The van der Waals surface area contributed by atoms with Crippen LogP contribution in [0, 0.1) is 0 Å². The Morgan fingerprint density at radius 1 is 1.44 bits per heavy atom. The fraction of sp³-hybridized carbons (Fsp3) is 0.556. The van der Waals surface area contributed by atoms with Gasteiger partial charge in [-0.05, 0) is 18.0 Å². The zero-order valence-corrected chi connectivity index (χ0v) is 9.63. The number of anilines is 2. The van der Waals surface area contributed by atoms with Crippen molar-refractivity contribution in [3.8, 4) is 0 Å². The molecule has 1 aromatic rings. The lowest BCUT2D eigenvalue weighted by Gasteiger charge is -2.20. The van der Waals surface area contributed by atoms with Crippen molar-refractivity contribution in [2.24, 2.45) is 5.73 Å². The summed E-state index contributed by atoms with van der Waals surface area (Å²) in [7, 11) is 0. The molecule has 4 N–H and O–H groups in total. The van der Waals surface area contributed by atoms with E-state index in [1.807, 2.05) is 0 Å². The van der Waals surface area contributed by atoms with Gasteiger partial charge in [0.1, 0.15) is 10.6 Å². The smallest absolute Gasteiger partial charge is 0.255 e. The van der Waals surface area contributed by atoms with E-state index in [0.29, 0.717) is 12.2 Å². The predicted molar refractivity (Wildman–Crippen MR) is 62.7 cm³/mol. The Morgan fingerprint density at radius 3 is 3.00 bits per heavy atom. The highest BCUT2D eigenvalue weighted by Gasteiger charge is 2.22. The fourth-order valence-electron chi connectivity index (χ4n) is 1.69. The fourth-order valence-corrected chi connectivity index (χ4v) is 2.56. The lowest BCUT2D eigenvalue weighted by atomic mass is 10.2. The number of primary amides is 1. The Bertz CT molecular complexity index is 385. The van der Waals surface area contributed by atoms with Gasteiger partial charge in [0, 0.05) is 19.7 Å². The number of carbonyl (C=O) groups is 1. The van der Waals surface area contributed by atoms with Gasteiger partial charge in [0.15, 0.2) is 5.82 Å². The molecule has 1 saturated heterocycles. The van der Waals surface area contributed by atoms with Gasteiger partial charge < -0.3 is 21.1 Å². The van der Waals surface area contributed by atoms with Crippen LogP contribution in [0.25, 0.3) is 0 Å². The van der Waals surface area contributed by atoms with Gasteiger partial charge in [-0.3, -0.25) is 4.79 Å². The molecule has 0 unspecified atom stereocenters. The third-order valence-electron chi connectivity index (χ3n) is 2.46. The zero-order chi connectivity index (χ0) is 11.5. The number of ether oxygens (including phenoxy) is 1. The van der Waals surface area contributed by atoms with Crippen LogP contribution in [0.5, 0.6) is 0 Å². The minimum absolute atomic E-state index is 0.220. The number of nitrogens with two attached hydrogens (primary N) is 2. The predicted octanol–water partition coefficient (Wildman–Crippen LogP) is 0.0509. The molecule has 0 radical (unpaired) electrons. The van der Waals surface area contributed by atoms with Crippen LogP contribution in [-0.2, 0) is 4.74 Å². The maximum absolute atomic E-state index is 11.3. The Morgan fingerprint density at radius 2 is 2.25 bits per heavy atom. The standard InChI is InChI=1S/C9H14N4O2S/c10-7-6(8(11)14)9(16-12-7)13-2-1-4-15-5-3-13/h1-5H2,(H2,10,12)(H2,11,14). The van der Waals surface area contributed by atoms with Crippen LogP contribution in [0.1, 0.15) is 16.8 Å². The van der Waals surface area contributed by atoms with Crippen molar-refractivity contribution in [3.63, 3.8) is 0 Å². The minimum atomic E-state index is -0.522. The molecule has 2 heterocycles. The molecule has 1 aromatic heterocycles. The first-order valence-corrected chi connectivity index (χ1v) is 5.85. The molecule has 1 aliphatic heterocycles. The summed E-state index contributed by atoms with van der Waals surface area (Å²) in [5.41, 5.74) is 11.3. The van der Waals surface area contributed by atoms with Crippen molar-refractivity contribution in [1.82, 2.24) is 4.37 Å². The van der Waals surface area contributed by atoms with Crippen molar-refractivity contribution >= 4 is 28.3 Å². The van der Waals surface area contributed by atoms with Gasteiger partial charge in [0.05, 0.1) is 6.61 Å². The minimum Gasteiger partial charge on any atom is -0.382 e. The maximum Gasteiger partial charge on any atom is 0.255 e. The molecular weight excluding hydrogens is 228 g/mol. The summed E-state index contributed by atoms with van der Waals surface area (Å²) in [5.74, 6) is -0.302. The molecule has 0 spiro atoms. The average molecular weight is 242 g/mol. The lowest BCUT2D eigenvalue weighted by molar-refractivity contribution is 0.100. The Labute approximate surface area is 97.3 Å². The molecule has 1 amide bonds. The summed E-state index contributed by atoms with van der Waals surface area (Å²) in [6.45, 7) is 2.97. The first-order chi connectivity index (χ1) is 7.70. The molecule has 88 valence electrons. The molecule has 0 bridgehead atoms. The van der Waals surface area contributed by atoms with Crippen LogP contribution in [0.2, 0.25) is 0 Å². The summed E-state index contributed by atoms with van der Waals surface area (Å²) < 4.78 is 9.33.